The van der Waals surface area contributed by atoms with Crippen LogP contribution in [0.4, 0.5) is 10.5 Å². The molecule has 0 unspecified atom stereocenters. The quantitative estimate of drug-likeness (QED) is 0.830. The van der Waals surface area contributed by atoms with Gasteiger partial charge in [-0.3, -0.25) is 0 Å². The molecule has 0 radical (unpaired) electrons. The SMILES string of the molecule is CC(C)Nc1ccc(SC2CCN(C(=O)OC(C)(C)C)CC2)cc1. The largest absolute Gasteiger partial charge is 0.444 e. The van der Waals surface area contributed by atoms with Crippen LogP contribution in [0.5, 0.6) is 0 Å². The van der Waals surface area contributed by atoms with Crippen LogP contribution < -0.4 is 5.32 Å². The van der Waals surface area contributed by atoms with Crippen molar-refractivity contribution in [2.24, 2.45) is 0 Å². The molecule has 0 atom stereocenters. The van der Waals surface area contributed by atoms with E-state index in [0.29, 0.717) is 11.3 Å². The van der Waals surface area contributed by atoms with Gasteiger partial charge in [0.25, 0.3) is 0 Å². The summed E-state index contributed by atoms with van der Waals surface area (Å²) in [6.07, 6.45) is 1.83. The van der Waals surface area contributed by atoms with Crippen molar-refractivity contribution in [3.8, 4) is 0 Å². The second-order valence-corrected chi connectivity index (χ2v) is 8.98. The van der Waals surface area contributed by atoms with E-state index in [4.69, 9.17) is 4.74 Å². The highest BCUT2D eigenvalue weighted by molar-refractivity contribution is 8.00. The van der Waals surface area contributed by atoms with Gasteiger partial charge in [-0.25, -0.2) is 4.79 Å². The highest BCUT2D eigenvalue weighted by Gasteiger charge is 2.27. The molecule has 1 amide bonds. The minimum atomic E-state index is -0.422. The summed E-state index contributed by atoms with van der Waals surface area (Å²) in [5.74, 6) is 0. The second-order valence-electron chi connectivity index (χ2n) is 7.61. The Kier molecular flexibility index (Phi) is 6.44. The predicted octanol–water partition coefficient (Wildman–Crippen LogP) is 5.00. The molecule has 1 N–H and O–H groups in total. The van der Waals surface area contributed by atoms with Crippen molar-refractivity contribution in [3.05, 3.63) is 24.3 Å². The van der Waals surface area contributed by atoms with E-state index in [1.54, 1.807) is 0 Å². The number of rotatable bonds is 4. The molecule has 1 fully saturated rings. The number of benzene rings is 1. The molecule has 2 rings (SSSR count). The average molecular weight is 351 g/mol. The third kappa shape index (κ3) is 6.27. The number of hydrogen-bond donors (Lipinski definition) is 1. The molecule has 134 valence electrons. The van der Waals surface area contributed by atoms with Crippen LogP contribution in [0.3, 0.4) is 0 Å². The minimum absolute atomic E-state index is 0.185. The van der Waals surface area contributed by atoms with Crippen LogP contribution in [0.15, 0.2) is 29.2 Å². The molecular formula is C19H30N2O2S. The van der Waals surface area contributed by atoms with Crippen molar-refractivity contribution in [2.75, 3.05) is 18.4 Å². The van der Waals surface area contributed by atoms with Crippen molar-refractivity contribution in [1.29, 1.82) is 0 Å². The lowest BCUT2D eigenvalue weighted by Crippen LogP contribution is -2.42. The number of carbonyl (C=O) groups is 1. The third-order valence-corrected chi connectivity index (χ3v) is 5.06. The van der Waals surface area contributed by atoms with Gasteiger partial charge in [-0.15, -0.1) is 11.8 Å². The summed E-state index contributed by atoms with van der Waals surface area (Å²) in [4.78, 5) is 15.2. The molecule has 0 saturated carbocycles. The first-order chi connectivity index (χ1) is 11.2. The Bertz CT molecular complexity index is 529. The predicted molar refractivity (Wildman–Crippen MR) is 102 cm³/mol. The van der Waals surface area contributed by atoms with Crippen LogP contribution in [-0.2, 0) is 4.74 Å². The average Bonchev–Trinajstić information content (AvgIpc) is 2.48. The topological polar surface area (TPSA) is 41.6 Å². The van der Waals surface area contributed by atoms with Gasteiger partial charge in [0.15, 0.2) is 0 Å². The summed E-state index contributed by atoms with van der Waals surface area (Å²) in [6, 6.07) is 9.07. The van der Waals surface area contributed by atoms with Crippen LogP contribution in [0, 0.1) is 0 Å². The highest BCUT2D eigenvalue weighted by Crippen LogP contribution is 2.31. The molecular weight excluding hydrogens is 320 g/mol. The summed E-state index contributed by atoms with van der Waals surface area (Å²) in [5.41, 5.74) is 0.739. The standard InChI is InChI=1S/C19H30N2O2S/c1-14(2)20-15-6-8-16(9-7-15)24-17-10-12-21(13-11-17)18(22)23-19(3,4)5/h6-9,14,17,20H,10-13H2,1-5H3. The molecule has 5 heteroatoms. The van der Waals surface area contributed by atoms with Crippen molar-refractivity contribution < 1.29 is 9.53 Å². The second kappa shape index (κ2) is 8.15. The molecule has 1 heterocycles. The van der Waals surface area contributed by atoms with E-state index in [2.05, 4.69) is 43.4 Å². The first-order valence-corrected chi connectivity index (χ1v) is 9.62. The summed E-state index contributed by atoms with van der Waals surface area (Å²) in [6.45, 7) is 11.6. The van der Waals surface area contributed by atoms with E-state index in [0.717, 1.165) is 31.6 Å². The van der Waals surface area contributed by atoms with Crippen molar-refractivity contribution >= 4 is 23.5 Å². The number of anilines is 1. The van der Waals surface area contributed by atoms with E-state index in [1.807, 2.05) is 37.4 Å². The lowest BCUT2D eigenvalue weighted by molar-refractivity contribution is 0.0219. The molecule has 0 spiro atoms. The van der Waals surface area contributed by atoms with Gasteiger partial charge in [0, 0.05) is 35.0 Å². The number of thioether (sulfide) groups is 1. The number of nitrogens with zero attached hydrogens (tertiary/aromatic N) is 1. The zero-order valence-electron chi connectivity index (χ0n) is 15.5. The maximum absolute atomic E-state index is 12.1. The number of carbonyl (C=O) groups excluding carboxylic acids is 1. The molecule has 1 aromatic carbocycles. The first kappa shape index (κ1) is 19.0. The number of ether oxygens (including phenoxy) is 1. The first-order valence-electron chi connectivity index (χ1n) is 8.74. The number of likely N-dealkylation sites (tertiary alicyclic amines) is 1. The Labute approximate surface area is 150 Å². The summed E-state index contributed by atoms with van der Waals surface area (Å²) < 4.78 is 5.45. The zero-order valence-corrected chi connectivity index (χ0v) is 16.3. The number of hydrogen-bond acceptors (Lipinski definition) is 4. The fraction of sp³-hybridized carbons (Fsp3) is 0.632. The van der Waals surface area contributed by atoms with E-state index >= 15 is 0 Å². The summed E-state index contributed by atoms with van der Waals surface area (Å²) in [7, 11) is 0. The summed E-state index contributed by atoms with van der Waals surface area (Å²) in [5, 5.41) is 3.97. The minimum Gasteiger partial charge on any atom is -0.444 e. The van der Waals surface area contributed by atoms with Gasteiger partial charge in [-0.2, -0.15) is 0 Å². The van der Waals surface area contributed by atoms with E-state index < -0.39 is 5.60 Å². The van der Waals surface area contributed by atoms with Gasteiger partial charge < -0.3 is 15.0 Å². The maximum atomic E-state index is 12.1. The van der Waals surface area contributed by atoms with Crippen LogP contribution in [0.25, 0.3) is 0 Å². The van der Waals surface area contributed by atoms with Gasteiger partial charge >= 0.3 is 6.09 Å². The van der Waals surface area contributed by atoms with E-state index in [1.165, 1.54) is 4.90 Å². The van der Waals surface area contributed by atoms with Gasteiger partial charge in [0.1, 0.15) is 5.60 Å². The maximum Gasteiger partial charge on any atom is 0.410 e. The summed E-state index contributed by atoms with van der Waals surface area (Å²) >= 11 is 1.91. The molecule has 1 aromatic rings. The zero-order chi connectivity index (χ0) is 17.7. The molecule has 0 aromatic heterocycles. The van der Waals surface area contributed by atoms with Gasteiger partial charge in [-0.1, -0.05) is 0 Å². The Morgan fingerprint density at radius 2 is 1.79 bits per heavy atom. The highest BCUT2D eigenvalue weighted by atomic mass is 32.2. The number of piperidine rings is 1. The van der Waals surface area contributed by atoms with Gasteiger partial charge in [-0.05, 0) is 71.7 Å². The Hall–Kier alpha value is -1.36. The fourth-order valence-corrected chi connectivity index (χ4v) is 3.76. The Balaban J connectivity index is 1.79. The van der Waals surface area contributed by atoms with Gasteiger partial charge in [0.2, 0.25) is 0 Å². The monoisotopic (exact) mass is 350 g/mol. The lowest BCUT2D eigenvalue weighted by atomic mass is 10.1. The molecule has 4 nitrogen and oxygen atoms in total. The molecule has 1 aliphatic heterocycles. The van der Waals surface area contributed by atoms with Crippen LogP contribution in [0.1, 0.15) is 47.5 Å². The van der Waals surface area contributed by atoms with Crippen molar-refractivity contribution in [1.82, 2.24) is 4.90 Å². The van der Waals surface area contributed by atoms with E-state index in [9.17, 15) is 4.79 Å². The molecule has 24 heavy (non-hydrogen) atoms. The Morgan fingerprint density at radius 3 is 2.29 bits per heavy atom. The molecule has 0 aliphatic carbocycles. The molecule has 0 bridgehead atoms. The van der Waals surface area contributed by atoms with Crippen molar-refractivity contribution in [3.63, 3.8) is 0 Å². The third-order valence-electron chi connectivity index (χ3n) is 3.71. The van der Waals surface area contributed by atoms with E-state index in [-0.39, 0.29) is 6.09 Å². The normalized spacial score (nSPS) is 16.3. The van der Waals surface area contributed by atoms with Crippen molar-refractivity contribution in [2.45, 2.75) is 69.2 Å². The Morgan fingerprint density at radius 1 is 1.21 bits per heavy atom. The fourth-order valence-electron chi connectivity index (χ4n) is 2.64. The molecule has 1 saturated heterocycles. The van der Waals surface area contributed by atoms with Gasteiger partial charge in [0.05, 0.1) is 0 Å². The van der Waals surface area contributed by atoms with Crippen LogP contribution in [-0.4, -0.2) is 41.0 Å². The van der Waals surface area contributed by atoms with Crippen LogP contribution >= 0.6 is 11.8 Å². The smallest absolute Gasteiger partial charge is 0.410 e. The lowest BCUT2D eigenvalue weighted by Gasteiger charge is -2.33. The number of nitrogens with one attached hydrogen (secondary N) is 1. The molecule has 1 aliphatic rings. The number of amides is 1. The van der Waals surface area contributed by atoms with Crippen LogP contribution in [0.2, 0.25) is 0 Å².